The van der Waals surface area contributed by atoms with Crippen LogP contribution in [-0.4, -0.2) is 28.6 Å². The Morgan fingerprint density at radius 2 is 1.89 bits per heavy atom. The summed E-state index contributed by atoms with van der Waals surface area (Å²) in [6.45, 7) is 0.193. The van der Waals surface area contributed by atoms with E-state index >= 15 is 0 Å². The molecule has 0 spiro atoms. The van der Waals surface area contributed by atoms with E-state index in [1.54, 1.807) is 24.3 Å². The highest BCUT2D eigenvalue weighted by Crippen LogP contribution is 2.29. The van der Waals surface area contributed by atoms with Crippen molar-refractivity contribution in [2.24, 2.45) is 0 Å². The molecule has 9 heteroatoms. The fraction of sp³-hybridized carbons (Fsp3) is 0.111. The number of halogens is 2. The quantitative estimate of drug-likeness (QED) is 0.655. The Morgan fingerprint density at radius 3 is 2.63 bits per heavy atom. The van der Waals surface area contributed by atoms with Crippen molar-refractivity contribution in [3.8, 4) is 10.6 Å². The maximum absolute atomic E-state index is 13.2. The number of hydrogen-bond donors (Lipinski definition) is 2. The summed E-state index contributed by atoms with van der Waals surface area (Å²) in [7, 11) is 0. The molecule has 2 aromatic carbocycles. The molecule has 1 aromatic heterocycles. The number of nitrogens with zero attached hydrogens (tertiary/aromatic N) is 2. The Labute approximate surface area is 163 Å². The molecule has 0 atom stereocenters. The van der Waals surface area contributed by atoms with Crippen molar-refractivity contribution in [1.29, 1.82) is 0 Å². The predicted octanol–water partition coefficient (Wildman–Crippen LogP) is 3.76. The number of hydrogen-bond acceptors (Lipinski definition) is 5. The second kappa shape index (κ2) is 8.70. The molecule has 3 rings (SSSR count). The van der Waals surface area contributed by atoms with Gasteiger partial charge in [-0.25, -0.2) is 4.39 Å². The summed E-state index contributed by atoms with van der Waals surface area (Å²) in [6, 6.07) is 13.0. The van der Waals surface area contributed by atoms with E-state index in [2.05, 4.69) is 20.8 Å². The summed E-state index contributed by atoms with van der Waals surface area (Å²) in [5.41, 5.74) is 1.14. The third-order valence-corrected chi connectivity index (χ3v) is 4.69. The summed E-state index contributed by atoms with van der Waals surface area (Å²) >= 11 is 6.90. The zero-order chi connectivity index (χ0) is 19.2. The van der Waals surface area contributed by atoms with Crippen LogP contribution in [0.1, 0.15) is 16.8 Å². The van der Waals surface area contributed by atoms with Gasteiger partial charge in [0.05, 0.1) is 5.02 Å². The van der Waals surface area contributed by atoms with Gasteiger partial charge in [-0.2, -0.15) is 0 Å². The van der Waals surface area contributed by atoms with Gasteiger partial charge in [0.2, 0.25) is 11.0 Å². The molecule has 0 saturated carbocycles. The number of anilines is 1. The number of carbonyl (C=O) groups is 2. The fourth-order valence-electron chi connectivity index (χ4n) is 2.18. The minimum atomic E-state index is -0.518. The van der Waals surface area contributed by atoms with E-state index in [1.165, 1.54) is 18.2 Å². The summed E-state index contributed by atoms with van der Waals surface area (Å²) in [6.07, 6.45) is 0.0931. The van der Waals surface area contributed by atoms with E-state index in [-0.39, 0.29) is 29.8 Å². The van der Waals surface area contributed by atoms with Crippen molar-refractivity contribution in [2.45, 2.75) is 6.42 Å². The predicted molar refractivity (Wildman–Crippen MR) is 102 cm³/mol. The molecule has 2 N–H and O–H groups in total. The summed E-state index contributed by atoms with van der Waals surface area (Å²) in [5.74, 6) is -1.06. The summed E-state index contributed by atoms with van der Waals surface area (Å²) in [4.78, 5) is 23.9. The molecule has 6 nitrogen and oxygen atoms in total. The highest BCUT2D eigenvalue weighted by molar-refractivity contribution is 7.18. The van der Waals surface area contributed by atoms with Crippen LogP contribution in [0.3, 0.4) is 0 Å². The molecule has 0 aliphatic carbocycles. The Kier molecular flexibility index (Phi) is 6.10. The Hall–Kier alpha value is -2.84. The largest absolute Gasteiger partial charge is 0.352 e. The van der Waals surface area contributed by atoms with Gasteiger partial charge in [-0.1, -0.05) is 41.1 Å². The monoisotopic (exact) mass is 404 g/mol. The molecule has 1 heterocycles. The lowest BCUT2D eigenvalue weighted by atomic mass is 10.2. The number of nitrogens with one attached hydrogen (secondary N) is 2. The third-order valence-electron chi connectivity index (χ3n) is 3.51. The maximum atomic E-state index is 13.2. The molecule has 2 amide bonds. The highest BCUT2D eigenvalue weighted by atomic mass is 35.5. The summed E-state index contributed by atoms with van der Waals surface area (Å²) in [5, 5.41) is 13.9. The molecule has 3 aromatic rings. The summed E-state index contributed by atoms with van der Waals surface area (Å²) < 4.78 is 13.2. The topological polar surface area (TPSA) is 84.0 Å². The number of benzene rings is 2. The van der Waals surface area contributed by atoms with E-state index in [4.69, 9.17) is 11.6 Å². The molecule has 0 unspecified atom stereocenters. The van der Waals surface area contributed by atoms with Gasteiger partial charge in [-0.05, 0) is 30.3 Å². The standard InChI is InChI=1S/C18H14ClFN4O2S/c19-13-10-12(6-7-14(13)20)17-23-24-18(27-17)22-15(25)8-9-21-16(26)11-4-2-1-3-5-11/h1-7,10H,8-9H2,(H,21,26)(H,22,24,25). The van der Waals surface area contributed by atoms with Crippen molar-refractivity contribution in [2.75, 3.05) is 11.9 Å². The molecule has 0 aliphatic rings. The van der Waals surface area contributed by atoms with Crippen LogP contribution in [0.25, 0.3) is 10.6 Å². The van der Waals surface area contributed by atoms with E-state index < -0.39 is 5.82 Å². The van der Waals surface area contributed by atoms with Crippen molar-refractivity contribution in [3.05, 3.63) is 64.9 Å². The van der Waals surface area contributed by atoms with Crippen LogP contribution in [0.5, 0.6) is 0 Å². The van der Waals surface area contributed by atoms with Crippen LogP contribution in [0.4, 0.5) is 9.52 Å². The van der Waals surface area contributed by atoms with E-state index in [0.717, 1.165) is 11.3 Å². The minimum Gasteiger partial charge on any atom is -0.352 e. The maximum Gasteiger partial charge on any atom is 0.251 e. The number of aromatic nitrogens is 2. The van der Waals surface area contributed by atoms with Crippen LogP contribution in [-0.2, 0) is 4.79 Å². The van der Waals surface area contributed by atoms with Gasteiger partial charge in [0.1, 0.15) is 10.8 Å². The van der Waals surface area contributed by atoms with Crippen LogP contribution in [0, 0.1) is 5.82 Å². The minimum absolute atomic E-state index is 0.0116. The van der Waals surface area contributed by atoms with Crippen LogP contribution in [0.2, 0.25) is 5.02 Å². The third kappa shape index (κ3) is 5.08. The van der Waals surface area contributed by atoms with Gasteiger partial charge in [0.15, 0.2) is 0 Å². The molecule has 0 fully saturated rings. The van der Waals surface area contributed by atoms with E-state index in [1.807, 2.05) is 6.07 Å². The SMILES string of the molecule is O=C(CCNC(=O)c1ccccc1)Nc1nnc(-c2ccc(F)c(Cl)c2)s1. The molecular weight excluding hydrogens is 391 g/mol. The van der Waals surface area contributed by atoms with Crippen LogP contribution >= 0.6 is 22.9 Å². The lowest BCUT2D eigenvalue weighted by molar-refractivity contribution is -0.116. The van der Waals surface area contributed by atoms with Gasteiger partial charge < -0.3 is 10.6 Å². The lowest BCUT2D eigenvalue weighted by Crippen LogP contribution is -2.27. The second-order valence-electron chi connectivity index (χ2n) is 5.46. The first kappa shape index (κ1) is 18.9. The first-order valence-electron chi connectivity index (χ1n) is 7.95. The number of amides is 2. The van der Waals surface area contributed by atoms with Gasteiger partial charge in [0, 0.05) is 24.1 Å². The second-order valence-corrected chi connectivity index (χ2v) is 6.85. The van der Waals surface area contributed by atoms with E-state index in [0.29, 0.717) is 21.3 Å². The Morgan fingerprint density at radius 1 is 1.11 bits per heavy atom. The van der Waals surface area contributed by atoms with Crippen LogP contribution < -0.4 is 10.6 Å². The van der Waals surface area contributed by atoms with Crippen LogP contribution in [0.15, 0.2) is 48.5 Å². The smallest absolute Gasteiger partial charge is 0.251 e. The average Bonchev–Trinajstić information content (AvgIpc) is 3.13. The molecule has 0 radical (unpaired) electrons. The first-order valence-corrected chi connectivity index (χ1v) is 9.14. The zero-order valence-corrected chi connectivity index (χ0v) is 15.5. The first-order chi connectivity index (χ1) is 13.0. The van der Waals surface area contributed by atoms with Crippen molar-refractivity contribution in [1.82, 2.24) is 15.5 Å². The zero-order valence-electron chi connectivity index (χ0n) is 13.9. The molecule has 27 heavy (non-hydrogen) atoms. The fourth-order valence-corrected chi connectivity index (χ4v) is 3.12. The van der Waals surface area contributed by atoms with E-state index in [9.17, 15) is 14.0 Å². The Bertz CT molecular complexity index is 965. The Balaban J connectivity index is 1.50. The normalized spacial score (nSPS) is 10.4. The highest BCUT2D eigenvalue weighted by Gasteiger charge is 2.12. The van der Waals surface area contributed by atoms with Crippen molar-refractivity contribution >= 4 is 39.9 Å². The molecule has 138 valence electrons. The average molecular weight is 405 g/mol. The van der Waals surface area contributed by atoms with Crippen molar-refractivity contribution < 1.29 is 14.0 Å². The molecule has 0 aliphatic heterocycles. The van der Waals surface area contributed by atoms with Gasteiger partial charge in [-0.15, -0.1) is 10.2 Å². The van der Waals surface area contributed by atoms with Gasteiger partial charge in [-0.3, -0.25) is 9.59 Å². The molecular formula is C18H14ClFN4O2S. The molecule has 0 saturated heterocycles. The molecule has 0 bridgehead atoms. The van der Waals surface area contributed by atoms with Gasteiger partial charge in [0.25, 0.3) is 5.91 Å². The lowest BCUT2D eigenvalue weighted by Gasteiger charge is -2.04. The number of rotatable bonds is 6. The van der Waals surface area contributed by atoms with Gasteiger partial charge >= 0.3 is 0 Å². The van der Waals surface area contributed by atoms with Crippen molar-refractivity contribution in [3.63, 3.8) is 0 Å². The number of carbonyl (C=O) groups excluding carboxylic acids is 2.